The number of nitrogens with one attached hydrogen (secondary N) is 2. The van der Waals surface area contributed by atoms with Gasteiger partial charge in [-0.2, -0.15) is 4.72 Å². The Hall–Kier alpha value is -3.21. The van der Waals surface area contributed by atoms with Gasteiger partial charge in [-0.1, -0.05) is 24.1 Å². The van der Waals surface area contributed by atoms with Crippen LogP contribution in [0.2, 0.25) is 0 Å². The van der Waals surface area contributed by atoms with Crippen molar-refractivity contribution < 1.29 is 13.2 Å². The number of para-hydroxylation sites is 1. The number of fused-ring (bicyclic) bond motifs is 1. The van der Waals surface area contributed by atoms with E-state index in [9.17, 15) is 13.2 Å². The molecule has 1 amide bonds. The Morgan fingerprint density at radius 1 is 1.12 bits per heavy atom. The van der Waals surface area contributed by atoms with Gasteiger partial charge < -0.3 is 5.32 Å². The van der Waals surface area contributed by atoms with Crippen molar-refractivity contribution in [1.82, 2.24) is 9.71 Å². The third-order valence-electron chi connectivity index (χ3n) is 3.64. The number of pyridine rings is 1. The van der Waals surface area contributed by atoms with Crippen LogP contribution in [0.15, 0.2) is 65.7 Å². The summed E-state index contributed by atoms with van der Waals surface area (Å²) >= 11 is 0. The van der Waals surface area contributed by atoms with E-state index in [1.807, 2.05) is 30.3 Å². The molecule has 0 saturated heterocycles. The van der Waals surface area contributed by atoms with E-state index in [1.165, 1.54) is 24.3 Å². The van der Waals surface area contributed by atoms with Crippen LogP contribution in [0.1, 0.15) is 10.4 Å². The maximum atomic E-state index is 12.4. The first-order valence-corrected chi connectivity index (χ1v) is 9.17. The lowest BCUT2D eigenvalue weighted by atomic mass is 10.2. The molecule has 26 heavy (non-hydrogen) atoms. The SMILES string of the molecule is C#CCNS(=O)(=O)c1ccc(C(=O)Nc2cnc3ccccc3c2)cc1. The number of anilines is 1. The Balaban J connectivity index is 1.76. The van der Waals surface area contributed by atoms with Crippen LogP contribution in [0.5, 0.6) is 0 Å². The number of hydrogen-bond acceptors (Lipinski definition) is 4. The van der Waals surface area contributed by atoms with Crippen molar-refractivity contribution in [3.8, 4) is 12.3 Å². The monoisotopic (exact) mass is 365 g/mol. The zero-order valence-electron chi connectivity index (χ0n) is 13.6. The minimum absolute atomic E-state index is 0.0386. The number of rotatable bonds is 5. The van der Waals surface area contributed by atoms with Crippen LogP contribution in [0.25, 0.3) is 10.9 Å². The molecule has 0 bridgehead atoms. The molecule has 1 aromatic heterocycles. The number of carbonyl (C=O) groups is 1. The Bertz CT molecular complexity index is 1100. The average Bonchev–Trinajstić information content (AvgIpc) is 2.66. The van der Waals surface area contributed by atoms with Gasteiger partial charge in [-0.05, 0) is 36.4 Å². The number of amides is 1. The summed E-state index contributed by atoms with van der Waals surface area (Å²) in [4.78, 5) is 16.7. The summed E-state index contributed by atoms with van der Waals surface area (Å²) in [6.45, 7) is -0.0977. The molecule has 0 unspecified atom stereocenters. The quantitative estimate of drug-likeness (QED) is 0.680. The van der Waals surface area contributed by atoms with E-state index in [1.54, 1.807) is 6.20 Å². The average molecular weight is 365 g/mol. The second-order valence-corrected chi connectivity index (χ2v) is 7.19. The van der Waals surface area contributed by atoms with Crippen molar-refractivity contribution in [2.45, 2.75) is 4.90 Å². The fourth-order valence-electron chi connectivity index (χ4n) is 2.35. The molecule has 0 aliphatic carbocycles. The molecular formula is C19H15N3O3S. The van der Waals surface area contributed by atoms with Crippen LogP contribution in [0, 0.1) is 12.3 Å². The van der Waals surface area contributed by atoms with Crippen molar-refractivity contribution in [1.29, 1.82) is 0 Å². The summed E-state index contributed by atoms with van der Waals surface area (Å²) in [6.07, 6.45) is 6.62. The maximum absolute atomic E-state index is 12.4. The normalized spacial score (nSPS) is 11.0. The lowest BCUT2D eigenvalue weighted by Crippen LogP contribution is -2.24. The molecule has 0 atom stereocenters. The van der Waals surface area contributed by atoms with Gasteiger partial charge >= 0.3 is 0 Å². The van der Waals surface area contributed by atoms with Crippen LogP contribution in [-0.4, -0.2) is 25.9 Å². The van der Waals surface area contributed by atoms with Gasteiger partial charge in [-0.25, -0.2) is 8.42 Å². The number of hydrogen-bond donors (Lipinski definition) is 2. The largest absolute Gasteiger partial charge is 0.321 e. The highest BCUT2D eigenvalue weighted by molar-refractivity contribution is 7.89. The molecule has 0 aliphatic heterocycles. The molecule has 6 nitrogen and oxygen atoms in total. The third kappa shape index (κ3) is 3.88. The summed E-state index contributed by atoms with van der Waals surface area (Å²) in [5, 5.41) is 3.66. The number of carbonyl (C=O) groups excluding carboxylic acids is 1. The summed E-state index contributed by atoms with van der Waals surface area (Å²) in [5.74, 6) is 1.84. The van der Waals surface area contributed by atoms with Crippen molar-refractivity contribution in [3.63, 3.8) is 0 Å². The van der Waals surface area contributed by atoms with E-state index in [-0.39, 0.29) is 17.3 Å². The molecule has 0 radical (unpaired) electrons. The number of sulfonamides is 1. The zero-order valence-corrected chi connectivity index (χ0v) is 14.5. The van der Waals surface area contributed by atoms with E-state index >= 15 is 0 Å². The Morgan fingerprint density at radius 2 is 1.85 bits per heavy atom. The molecule has 0 fully saturated rings. The van der Waals surface area contributed by atoms with Crippen molar-refractivity contribution in [2.24, 2.45) is 0 Å². The summed E-state index contributed by atoms with van der Waals surface area (Å²) in [7, 11) is -3.68. The first-order valence-electron chi connectivity index (χ1n) is 7.69. The number of benzene rings is 2. The standard InChI is InChI=1S/C19H15N3O3S/c1-2-11-21-26(24,25)17-9-7-14(8-10-17)19(23)22-16-12-15-5-3-4-6-18(15)20-13-16/h1,3-10,12-13,21H,11H2,(H,22,23). The van der Waals surface area contributed by atoms with Gasteiger partial charge in [0.2, 0.25) is 10.0 Å². The highest BCUT2D eigenvalue weighted by atomic mass is 32.2. The second-order valence-electron chi connectivity index (χ2n) is 5.42. The van der Waals surface area contributed by atoms with Gasteiger partial charge in [0.15, 0.2) is 0 Å². The Morgan fingerprint density at radius 3 is 2.58 bits per heavy atom. The molecule has 0 spiro atoms. The maximum Gasteiger partial charge on any atom is 0.255 e. The van der Waals surface area contributed by atoms with Crippen molar-refractivity contribution in [2.75, 3.05) is 11.9 Å². The molecule has 2 aromatic carbocycles. The summed E-state index contributed by atoms with van der Waals surface area (Å²) < 4.78 is 26.2. The molecule has 3 rings (SSSR count). The zero-order chi connectivity index (χ0) is 18.6. The van der Waals surface area contributed by atoms with Crippen LogP contribution in [-0.2, 0) is 10.0 Å². The number of nitrogens with zero attached hydrogens (tertiary/aromatic N) is 1. The second kappa shape index (κ2) is 7.35. The highest BCUT2D eigenvalue weighted by Crippen LogP contribution is 2.17. The Kier molecular flexibility index (Phi) is 4.98. The van der Waals surface area contributed by atoms with Gasteiger partial charge in [0, 0.05) is 10.9 Å². The van der Waals surface area contributed by atoms with Crippen LogP contribution in [0.4, 0.5) is 5.69 Å². The van der Waals surface area contributed by atoms with Gasteiger partial charge in [0.05, 0.1) is 28.8 Å². The van der Waals surface area contributed by atoms with Crippen LogP contribution >= 0.6 is 0 Å². The van der Waals surface area contributed by atoms with Gasteiger partial charge in [0.1, 0.15) is 0 Å². The minimum atomic E-state index is -3.68. The van der Waals surface area contributed by atoms with Crippen molar-refractivity contribution in [3.05, 3.63) is 66.4 Å². The van der Waals surface area contributed by atoms with Crippen molar-refractivity contribution >= 4 is 32.5 Å². The predicted molar refractivity (Wildman–Crippen MR) is 100 cm³/mol. The molecular weight excluding hydrogens is 350 g/mol. The molecule has 3 aromatic rings. The highest BCUT2D eigenvalue weighted by Gasteiger charge is 2.14. The Labute approximate surface area is 151 Å². The molecule has 130 valence electrons. The van der Waals surface area contributed by atoms with Crippen LogP contribution in [0.3, 0.4) is 0 Å². The van der Waals surface area contributed by atoms with Crippen LogP contribution < -0.4 is 10.0 Å². The van der Waals surface area contributed by atoms with Gasteiger partial charge in [-0.15, -0.1) is 6.42 Å². The van der Waals surface area contributed by atoms with E-state index in [0.717, 1.165) is 10.9 Å². The van der Waals surface area contributed by atoms with Gasteiger partial charge in [-0.3, -0.25) is 9.78 Å². The molecule has 0 aliphatic rings. The fraction of sp³-hybridized carbons (Fsp3) is 0.0526. The predicted octanol–water partition coefficient (Wildman–Crippen LogP) is 2.40. The summed E-state index contributed by atoms with van der Waals surface area (Å²) in [6, 6.07) is 15.0. The van der Waals surface area contributed by atoms with Gasteiger partial charge in [0.25, 0.3) is 5.91 Å². The smallest absolute Gasteiger partial charge is 0.255 e. The molecule has 0 saturated carbocycles. The number of aromatic nitrogens is 1. The van der Waals surface area contributed by atoms with E-state index in [0.29, 0.717) is 11.3 Å². The van der Waals surface area contributed by atoms with E-state index in [4.69, 9.17) is 6.42 Å². The lowest BCUT2D eigenvalue weighted by Gasteiger charge is -2.08. The molecule has 1 heterocycles. The lowest BCUT2D eigenvalue weighted by molar-refractivity contribution is 0.102. The topological polar surface area (TPSA) is 88.2 Å². The number of terminal acetylenes is 1. The third-order valence-corrected chi connectivity index (χ3v) is 5.06. The van der Waals surface area contributed by atoms with E-state index in [2.05, 4.69) is 20.9 Å². The minimum Gasteiger partial charge on any atom is -0.321 e. The fourth-order valence-corrected chi connectivity index (χ4v) is 3.28. The summed E-state index contributed by atoms with van der Waals surface area (Å²) in [5.41, 5.74) is 1.72. The molecule has 2 N–H and O–H groups in total. The first-order chi connectivity index (χ1) is 12.5. The van der Waals surface area contributed by atoms with E-state index < -0.39 is 10.0 Å². The molecule has 7 heteroatoms. The first kappa shape index (κ1) is 17.6.